The normalized spacial score (nSPS) is 17.7. The first-order valence-corrected chi connectivity index (χ1v) is 23.7. The topological polar surface area (TPSA) is 150 Å². The van der Waals surface area contributed by atoms with Crippen LogP contribution in [-0.2, 0) is 51.0 Å². The molecule has 3 rings (SSSR count). The highest BCUT2D eigenvalue weighted by atomic mass is 16.5. The van der Waals surface area contributed by atoms with Crippen LogP contribution >= 0.6 is 0 Å². The molecule has 0 unspecified atom stereocenters. The molecule has 2 aromatic rings. The number of benzene rings is 2. The van der Waals surface area contributed by atoms with E-state index in [1.807, 2.05) is 78.9 Å². The van der Waals surface area contributed by atoms with E-state index in [2.05, 4.69) is 58.7 Å². The highest BCUT2D eigenvalue weighted by molar-refractivity contribution is 5.90. The lowest BCUT2D eigenvalue weighted by molar-refractivity contribution is -0.149. The number of nitrogens with one attached hydrogen (secondary N) is 2. The molecule has 65 heavy (non-hydrogen) atoms. The molecule has 364 valence electrons. The van der Waals surface area contributed by atoms with Crippen LogP contribution in [0.3, 0.4) is 0 Å². The van der Waals surface area contributed by atoms with Gasteiger partial charge in [-0.3, -0.25) is 24.1 Å². The predicted molar refractivity (Wildman–Crippen MR) is 257 cm³/mol. The number of esters is 1. The number of ether oxygens (including phenoxy) is 3. The van der Waals surface area contributed by atoms with E-state index in [0.717, 1.165) is 37.1 Å². The lowest BCUT2D eigenvalue weighted by atomic mass is 9.89. The van der Waals surface area contributed by atoms with Gasteiger partial charge in [0, 0.05) is 60.1 Å². The van der Waals surface area contributed by atoms with Crippen molar-refractivity contribution in [1.29, 1.82) is 0 Å². The minimum absolute atomic E-state index is 0.00488. The van der Waals surface area contributed by atoms with Crippen LogP contribution in [-0.4, -0.2) is 149 Å². The van der Waals surface area contributed by atoms with Gasteiger partial charge >= 0.3 is 5.97 Å². The fraction of sp³-hybridized carbons (Fsp3) is 0.667. The van der Waals surface area contributed by atoms with E-state index in [9.17, 15) is 24.0 Å². The molecule has 1 aliphatic rings. The van der Waals surface area contributed by atoms with Crippen molar-refractivity contribution in [2.75, 3.05) is 67.0 Å². The smallest absolute Gasteiger partial charge is 0.328 e. The molecule has 1 aliphatic heterocycles. The molecular weight excluding hydrogens is 825 g/mol. The zero-order valence-electron chi connectivity index (χ0n) is 42.0. The fourth-order valence-electron chi connectivity index (χ4n) is 9.32. The average molecular weight is 907 g/mol. The van der Waals surface area contributed by atoms with E-state index in [1.54, 1.807) is 30.9 Å². The first kappa shape index (κ1) is 54.8. The van der Waals surface area contributed by atoms with Crippen molar-refractivity contribution in [2.24, 2.45) is 23.7 Å². The Morgan fingerprint density at radius 3 is 1.98 bits per heavy atom. The molecule has 14 heteroatoms. The maximum absolute atomic E-state index is 14.6. The second kappa shape index (κ2) is 26.6. The third-order valence-corrected chi connectivity index (χ3v) is 13.6. The second-order valence-corrected chi connectivity index (χ2v) is 18.7. The summed E-state index contributed by atoms with van der Waals surface area (Å²) >= 11 is 0. The van der Waals surface area contributed by atoms with Crippen LogP contribution in [0.2, 0.25) is 0 Å². The summed E-state index contributed by atoms with van der Waals surface area (Å²) in [6.45, 7) is 17.9. The number of likely N-dealkylation sites (tertiary alicyclic amines) is 1. The molecule has 1 fully saturated rings. The summed E-state index contributed by atoms with van der Waals surface area (Å²) in [5.74, 6) is -2.54. The number of anilines is 1. The number of methoxy groups -OCH3 is 3. The molecule has 2 N–H and O–H groups in total. The summed E-state index contributed by atoms with van der Waals surface area (Å²) in [5, 5.41) is 6.03. The maximum atomic E-state index is 14.6. The molecule has 0 saturated carbocycles. The number of nitrogens with zero attached hydrogens (tertiary/aromatic N) is 4. The number of carbonyl (C=O) groups excluding carboxylic acids is 5. The Bertz CT molecular complexity index is 1790. The molecule has 0 spiro atoms. The van der Waals surface area contributed by atoms with Crippen LogP contribution in [0.5, 0.6) is 0 Å². The molecule has 0 radical (unpaired) electrons. The highest BCUT2D eigenvalue weighted by Gasteiger charge is 2.43. The number of hydrogen-bond acceptors (Lipinski definition) is 10. The Balaban J connectivity index is 1.76. The molecule has 1 saturated heterocycles. The van der Waals surface area contributed by atoms with Gasteiger partial charge in [0.15, 0.2) is 0 Å². The monoisotopic (exact) mass is 907 g/mol. The van der Waals surface area contributed by atoms with Crippen LogP contribution in [0.15, 0.2) is 54.6 Å². The molecular formula is C51H82N6O8. The van der Waals surface area contributed by atoms with E-state index in [1.165, 1.54) is 19.8 Å². The van der Waals surface area contributed by atoms with E-state index in [0.29, 0.717) is 19.5 Å². The summed E-state index contributed by atoms with van der Waals surface area (Å²) in [4.78, 5) is 77.5. The minimum Gasteiger partial charge on any atom is -0.467 e. The minimum atomic E-state index is -0.899. The van der Waals surface area contributed by atoms with Crippen molar-refractivity contribution >= 4 is 35.3 Å². The van der Waals surface area contributed by atoms with Crippen molar-refractivity contribution in [1.82, 2.24) is 25.3 Å². The quantitative estimate of drug-likeness (QED) is 0.114. The molecule has 0 aliphatic carbocycles. The van der Waals surface area contributed by atoms with Gasteiger partial charge in [-0.1, -0.05) is 97.4 Å². The van der Waals surface area contributed by atoms with Gasteiger partial charge in [0.25, 0.3) is 0 Å². The Kier molecular flexibility index (Phi) is 22.4. The van der Waals surface area contributed by atoms with E-state index >= 15 is 0 Å². The highest BCUT2D eigenvalue weighted by Crippen LogP contribution is 2.30. The largest absolute Gasteiger partial charge is 0.467 e. The molecule has 1 heterocycles. The Morgan fingerprint density at radius 1 is 0.800 bits per heavy atom. The van der Waals surface area contributed by atoms with Crippen LogP contribution in [0.1, 0.15) is 92.2 Å². The van der Waals surface area contributed by atoms with Gasteiger partial charge in [-0.05, 0) is 74.2 Å². The van der Waals surface area contributed by atoms with Crippen molar-refractivity contribution in [3.63, 3.8) is 0 Å². The molecule has 2 aromatic carbocycles. The molecule has 9 atom stereocenters. The van der Waals surface area contributed by atoms with Crippen LogP contribution < -0.4 is 15.5 Å². The van der Waals surface area contributed by atoms with Gasteiger partial charge in [-0.2, -0.15) is 0 Å². The first-order valence-electron chi connectivity index (χ1n) is 23.7. The van der Waals surface area contributed by atoms with Gasteiger partial charge in [-0.25, -0.2) is 4.79 Å². The van der Waals surface area contributed by atoms with Crippen LogP contribution in [0.4, 0.5) is 5.69 Å². The van der Waals surface area contributed by atoms with Crippen molar-refractivity contribution in [3.8, 4) is 0 Å². The number of rotatable bonds is 26. The summed E-state index contributed by atoms with van der Waals surface area (Å²) < 4.78 is 17.1. The average Bonchev–Trinajstić information content (AvgIpc) is 3.78. The first-order chi connectivity index (χ1) is 30.8. The second-order valence-electron chi connectivity index (χ2n) is 18.7. The summed E-state index contributed by atoms with van der Waals surface area (Å²) in [6, 6.07) is 14.9. The summed E-state index contributed by atoms with van der Waals surface area (Å²) in [5.41, 5.74) is 3.22. The SMILES string of the molecule is CC[C@H](C)[C@@H]([C@@H](CC(=O)N1CCC[C@H]1[C@H](OC)[C@@H](C)C(=O)N[C@@H](Cc1ccccc1)C(=O)OC)OC)N(C)C(=O)[C@@H](NC(=O)[C@H](C(C)C)N(C)CCc1ccc(N(C)CC)cc1)C(C)C. The molecule has 0 bridgehead atoms. The zero-order valence-corrected chi connectivity index (χ0v) is 42.0. The van der Waals surface area contributed by atoms with Gasteiger partial charge in [-0.15, -0.1) is 0 Å². The predicted octanol–water partition coefficient (Wildman–Crippen LogP) is 5.60. The Hall–Kier alpha value is -4.53. The Morgan fingerprint density at radius 2 is 1.45 bits per heavy atom. The summed E-state index contributed by atoms with van der Waals surface area (Å²) in [7, 11) is 10.2. The van der Waals surface area contributed by atoms with Gasteiger partial charge < -0.3 is 39.5 Å². The third kappa shape index (κ3) is 15.0. The number of hydrogen-bond donors (Lipinski definition) is 2. The lowest BCUT2D eigenvalue weighted by Gasteiger charge is -2.41. The van der Waals surface area contributed by atoms with Crippen molar-refractivity contribution in [2.45, 2.75) is 136 Å². The number of carbonyl (C=O) groups is 5. The number of likely N-dealkylation sites (N-methyl/N-ethyl adjacent to an activating group) is 2. The van der Waals surface area contributed by atoms with Crippen LogP contribution in [0.25, 0.3) is 0 Å². The fourth-order valence-corrected chi connectivity index (χ4v) is 9.32. The number of amides is 4. The Labute approximate surface area is 390 Å². The molecule has 4 amide bonds. The van der Waals surface area contributed by atoms with Gasteiger partial charge in [0.1, 0.15) is 12.1 Å². The zero-order chi connectivity index (χ0) is 48.5. The van der Waals surface area contributed by atoms with E-state index in [4.69, 9.17) is 14.2 Å². The summed E-state index contributed by atoms with van der Waals surface area (Å²) in [6.07, 6.45) is 1.78. The molecule has 0 aromatic heterocycles. The van der Waals surface area contributed by atoms with Gasteiger partial charge in [0.2, 0.25) is 23.6 Å². The standard InChI is InChI=1S/C51H82N6O8/c1-15-35(7)46(56(11)50(61)44(33(3)4)53-49(60)45(34(5)6)55(10)30-28-37-24-26-39(27-25-37)54(9)16-2)42(63-12)32-43(58)57-29-20-23-41(57)47(64-13)36(8)48(59)52-40(51(62)65-14)31-38-21-18-17-19-22-38/h17-19,21-22,24-27,33-36,40-42,44-47H,15-16,20,23,28-32H2,1-14H3,(H,52,59)(H,53,60)/t35-,36+,40-,41-,42+,44-,45-,46-,47+/m0/s1. The van der Waals surface area contributed by atoms with Gasteiger partial charge in [0.05, 0.1) is 49.8 Å². The lowest BCUT2D eigenvalue weighted by Crippen LogP contribution is -2.60. The maximum Gasteiger partial charge on any atom is 0.328 e. The third-order valence-electron chi connectivity index (χ3n) is 13.6. The molecule has 14 nitrogen and oxygen atoms in total. The van der Waals surface area contributed by atoms with Crippen molar-refractivity contribution < 1.29 is 38.2 Å². The van der Waals surface area contributed by atoms with Crippen molar-refractivity contribution in [3.05, 3.63) is 65.7 Å². The van der Waals surface area contributed by atoms with E-state index in [-0.39, 0.29) is 54.2 Å². The van der Waals surface area contributed by atoms with Crippen LogP contribution in [0, 0.1) is 23.7 Å². The van der Waals surface area contributed by atoms with E-state index < -0.39 is 54.3 Å².